The zero-order chi connectivity index (χ0) is 14.5. The highest BCUT2D eigenvalue weighted by Gasteiger charge is 2.32. The predicted octanol–water partition coefficient (Wildman–Crippen LogP) is 3.67. The van der Waals surface area contributed by atoms with Gasteiger partial charge in [-0.05, 0) is 56.3 Å². The number of nitrogens with zero attached hydrogens (tertiary/aromatic N) is 1. The van der Waals surface area contributed by atoms with Gasteiger partial charge in [-0.15, -0.1) is 0 Å². The molecule has 2 N–H and O–H groups in total. The fourth-order valence-electron chi connectivity index (χ4n) is 3.96. The summed E-state index contributed by atoms with van der Waals surface area (Å²) in [6.07, 6.45) is 9.27. The Kier molecular flexibility index (Phi) is 4.77. The first-order valence-corrected chi connectivity index (χ1v) is 8.37. The molecule has 0 amide bonds. The first-order chi connectivity index (χ1) is 10.4. The van der Waals surface area contributed by atoms with Gasteiger partial charge < -0.3 is 10.6 Å². The smallest absolute Gasteiger partial charge is 0.0992 e. The van der Waals surface area contributed by atoms with E-state index in [0.29, 0.717) is 12.1 Å². The molecule has 0 spiro atoms. The normalized spacial score (nSPS) is 29.6. The topological polar surface area (TPSA) is 47.9 Å². The molecule has 1 saturated carbocycles. The third-order valence-electron chi connectivity index (χ3n) is 5.03. The van der Waals surface area contributed by atoms with Crippen molar-refractivity contribution in [2.45, 2.75) is 57.0 Å². The monoisotopic (exact) mass is 283 g/mol. The Balaban J connectivity index is 1.70. The summed E-state index contributed by atoms with van der Waals surface area (Å²) in [6, 6.07) is 11.3. The summed E-state index contributed by atoms with van der Waals surface area (Å²) < 4.78 is 0. The van der Waals surface area contributed by atoms with E-state index in [2.05, 4.69) is 22.8 Å². The summed E-state index contributed by atoms with van der Waals surface area (Å²) in [5, 5.41) is 16.5. The second-order valence-electron chi connectivity index (χ2n) is 6.45. The van der Waals surface area contributed by atoms with Crippen LogP contribution in [0.25, 0.3) is 0 Å². The Morgan fingerprint density at radius 2 is 1.95 bits per heavy atom. The Morgan fingerprint density at radius 1 is 1.10 bits per heavy atom. The van der Waals surface area contributed by atoms with E-state index in [-0.39, 0.29) is 0 Å². The molecule has 1 aromatic carbocycles. The molecular formula is C18H25N3. The summed E-state index contributed by atoms with van der Waals surface area (Å²) in [6.45, 7) is 1.18. The molecule has 2 fully saturated rings. The van der Waals surface area contributed by atoms with Gasteiger partial charge in [0.25, 0.3) is 0 Å². The maximum atomic E-state index is 9.04. The van der Waals surface area contributed by atoms with E-state index in [1.54, 1.807) is 0 Å². The van der Waals surface area contributed by atoms with Gasteiger partial charge in [0.05, 0.1) is 11.6 Å². The zero-order valence-electron chi connectivity index (χ0n) is 12.6. The molecule has 21 heavy (non-hydrogen) atoms. The fraction of sp³-hybridized carbons (Fsp3) is 0.611. The molecule has 3 atom stereocenters. The van der Waals surface area contributed by atoms with Crippen molar-refractivity contribution in [2.75, 3.05) is 11.9 Å². The number of nitrogens with one attached hydrogen (secondary N) is 2. The van der Waals surface area contributed by atoms with E-state index < -0.39 is 0 Å². The molecule has 1 aromatic rings. The zero-order valence-corrected chi connectivity index (χ0v) is 12.6. The third-order valence-corrected chi connectivity index (χ3v) is 5.03. The quantitative estimate of drug-likeness (QED) is 0.889. The average Bonchev–Trinajstić information content (AvgIpc) is 2.56. The molecule has 3 nitrogen and oxygen atoms in total. The van der Waals surface area contributed by atoms with E-state index in [1.165, 1.54) is 51.5 Å². The molecule has 0 radical (unpaired) electrons. The second kappa shape index (κ2) is 6.95. The standard InChI is InChI=1S/C18H25N3/c19-13-14-6-5-7-15(12-14)21-18-10-2-1-8-16(18)17-9-3-4-11-20-17/h5-7,12,16-18,20-21H,1-4,8-11H2. The molecule has 1 aliphatic heterocycles. The van der Waals surface area contributed by atoms with Crippen LogP contribution in [-0.4, -0.2) is 18.6 Å². The van der Waals surface area contributed by atoms with E-state index in [9.17, 15) is 0 Å². The van der Waals surface area contributed by atoms with Crippen molar-refractivity contribution < 1.29 is 0 Å². The summed E-state index contributed by atoms with van der Waals surface area (Å²) in [4.78, 5) is 0. The summed E-state index contributed by atoms with van der Waals surface area (Å²) >= 11 is 0. The van der Waals surface area contributed by atoms with Crippen LogP contribution >= 0.6 is 0 Å². The number of rotatable bonds is 3. The molecule has 3 heteroatoms. The Morgan fingerprint density at radius 3 is 2.76 bits per heavy atom. The van der Waals surface area contributed by atoms with Gasteiger partial charge in [0.2, 0.25) is 0 Å². The molecule has 112 valence electrons. The van der Waals surface area contributed by atoms with Crippen molar-refractivity contribution in [3.05, 3.63) is 29.8 Å². The molecule has 0 aromatic heterocycles. The van der Waals surface area contributed by atoms with Crippen LogP contribution in [0.1, 0.15) is 50.5 Å². The molecule has 1 saturated heterocycles. The highest BCUT2D eigenvalue weighted by atomic mass is 15.0. The molecular weight excluding hydrogens is 258 g/mol. The number of nitriles is 1. The molecule has 3 unspecified atom stereocenters. The number of piperidine rings is 1. The minimum atomic E-state index is 0.545. The first kappa shape index (κ1) is 14.4. The minimum absolute atomic E-state index is 0.545. The number of anilines is 1. The van der Waals surface area contributed by atoms with Gasteiger partial charge in [-0.2, -0.15) is 5.26 Å². The maximum Gasteiger partial charge on any atom is 0.0992 e. The second-order valence-corrected chi connectivity index (χ2v) is 6.45. The van der Waals surface area contributed by atoms with E-state index in [4.69, 9.17) is 5.26 Å². The van der Waals surface area contributed by atoms with Crippen LogP contribution in [0.15, 0.2) is 24.3 Å². The van der Waals surface area contributed by atoms with Gasteiger partial charge in [-0.25, -0.2) is 0 Å². The Labute approximate surface area is 127 Å². The molecule has 3 rings (SSSR count). The van der Waals surface area contributed by atoms with Gasteiger partial charge in [0.1, 0.15) is 0 Å². The first-order valence-electron chi connectivity index (χ1n) is 8.37. The van der Waals surface area contributed by atoms with Gasteiger partial charge in [0.15, 0.2) is 0 Å². The lowest BCUT2D eigenvalue weighted by Gasteiger charge is -2.40. The third kappa shape index (κ3) is 3.57. The molecule has 2 aliphatic rings. The van der Waals surface area contributed by atoms with Crippen molar-refractivity contribution in [1.29, 1.82) is 5.26 Å². The van der Waals surface area contributed by atoms with E-state index in [0.717, 1.165) is 17.2 Å². The van der Waals surface area contributed by atoms with Gasteiger partial charge >= 0.3 is 0 Å². The van der Waals surface area contributed by atoms with Crippen LogP contribution in [0.5, 0.6) is 0 Å². The Hall–Kier alpha value is -1.53. The van der Waals surface area contributed by atoms with E-state index in [1.807, 2.05) is 18.2 Å². The lowest BCUT2D eigenvalue weighted by molar-refractivity contribution is 0.217. The van der Waals surface area contributed by atoms with Crippen molar-refractivity contribution in [2.24, 2.45) is 5.92 Å². The lowest BCUT2D eigenvalue weighted by atomic mass is 9.77. The number of hydrogen-bond donors (Lipinski definition) is 2. The van der Waals surface area contributed by atoms with Crippen LogP contribution in [-0.2, 0) is 0 Å². The van der Waals surface area contributed by atoms with Crippen molar-refractivity contribution >= 4 is 5.69 Å². The lowest BCUT2D eigenvalue weighted by Crippen LogP contribution is -2.48. The van der Waals surface area contributed by atoms with Crippen LogP contribution < -0.4 is 10.6 Å². The molecule has 1 heterocycles. The highest BCUT2D eigenvalue weighted by molar-refractivity contribution is 5.50. The summed E-state index contributed by atoms with van der Waals surface area (Å²) in [7, 11) is 0. The van der Waals surface area contributed by atoms with Gasteiger partial charge in [0, 0.05) is 17.8 Å². The predicted molar refractivity (Wildman–Crippen MR) is 86.2 cm³/mol. The van der Waals surface area contributed by atoms with Crippen LogP contribution in [0.2, 0.25) is 0 Å². The van der Waals surface area contributed by atoms with Crippen LogP contribution in [0, 0.1) is 17.2 Å². The average molecular weight is 283 g/mol. The fourth-order valence-corrected chi connectivity index (χ4v) is 3.96. The van der Waals surface area contributed by atoms with Crippen molar-refractivity contribution in [1.82, 2.24) is 5.32 Å². The summed E-state index contributed by atoms with van der Waals surface area (Å²) in [5.74, 6) is 0.727. The van der Waals surface area contributed by atoms with E-state index >= 15 is 0 Å². The van der Waals surface area contributed by atoms with Gasteiger partial charge in [-0.3, -0.25) is 0 Å². The maximum absolute atomic E-state index is 9.04. The van der Waals surface area contributed by atoms with Crippen molar-refractivity contribution in [3.8, 4) is 6.07 Å². The van der Waals surface area contributed by atoms with Crippen LogP contribution in [0.4, 0.5) is 5.69 Å². The highest BCUT2D eigenvalue weighted by Crippen LogP contribution is 2.32. The summed E-state index contributed by atoms with van der Waals surface area (Å²) in [5.41, 5.74) is 1.84. The Bertz CT molecular complexity index is 499. The largest absolute Gasteiger partial charge is 0.382 e. The van der Waals surface area contributed by atoms with Crippen LogP contribution in [0.3, 0.4) is 0 Å². The molecule has 0 bridgehead atoms. The molecule has 1 aliphatic carbocycles. The SMILES string of the molecule is N#Cc1cccc(NC2CCCCC2C2CCCCN2)c1. The number of benzene rings is 1. The van der Waals surface area contributed by atoms with Gasteiger partial charge in [-0.1, -0.05) is 25.3 Å². The van der Waals surface area contributed by atoms with Crippen molar-refractivity contribution in [3.63, 3.8) is 0 Å². The number of hydrogen-bond acceptors (Lipinski definition) is 3. The minimum Gasteiger partial charge on any atom is -0.382 e.